The molecule has 16 heavy (non-hydrogen) atoms. The molecular formula is C13H26N2O. The summed E-state index contributed by atoms with van der Waals surface area (Å²) in [6.07, 6.45) is 5.23. The molecule has 0 saturated heterocycles. The van der Waals surface area contributed by atoms with Crippen molar-refractivity contribution in [2.75, 3.05) is 20.1 Å². The van der Waals surface area contributed by atoms with Crippen LogP contribution in [0.4, 0.5) is 0 Å². The summed E-state index contributed by atoms with van der Waals surface area (Å²) in [6.45, 7) is 5.91. The number of carbonyl (C=O) groups is 1. The highest BCUT2D eigenvalue weighted by molar-refractivity contribution is 5.76. The van der Waals surface area contributed by atoms with Crippen molar-refractivity contribution in [1.29, 1.82) is 0 Å². The summed E-state index contributed by atoms with van der Waals surface area (Å²) in [6, 6.07) is 0. The third-order valence-corrected chi connectivity index (χ3v) is 3.84. The first-order chi connectivity index (χ1) is 7.49. The summed E-state index contributed by atoms with van der Waals surface area (Å²) in [5.41, 5.74) is 5.91. The maximum atomic E-state index is 12.0. The lowest BCUT2D eigenvalue weighted by Crippen LogP contribution is -2.42. The van der Waals surface area contributed by atoms with E-state index in [-0.39, 0.29) is 11.3 Å². The minimum absolute atomic E-state index is 0.142. The van der Waals surface area contributed by atoms with Gasteiger partial charge in [-0.05, 0) is 37.1 Å². The lowest BCUT2D eigenvalue weighted by Gasteiger charge is -2.41. The van der Waals surface area contributed by atoms with Crippen LogP contribution in [0.15, 0.2) is 0 Å². The molecule has 2 N–H and O–H groups in total. The van der Waals surface area contributed by atoms with Gasteiger partial charge in [-0.25, -0.2) is 0 Å². The van der Waals surface area contributed by atoms with E-state index in [0.717, 1.165) is 25.8 Å². The Morgan fingerprint density at radius 3 is 2.44 bits per heavy atom. The zero-order valence-corrected chi connectivity index (χ0v) is 11.0. The Bertz CT molecular complexity index is 229. The van der Waals surface area contributed by atoms with Crippen molar-refractivity contribution in [1.82, 2.24) is 4.90 Å². The van der Waals surface area contributed by atoms with E-state index in [2.05, 4.69) is 13.8 Å². The van der Waals surface area contributed by atoms with Gasteiger partial charge in [-0.3, -0.25) is 4.79 Å². The van der Waals surface area contributed by atoms with Crippen LogP contribution in [0.2, 0.25) is 0 Å². The van der Waals surface area contributed by atoms with Crippen LogP contribution in [0.1, 0.15) is 46.0 Å². The van der Waals surface area contributed by atoms with Crippen molar-refractivity contribution in [2.45, 2.75) is 46.0 Å². The van der Waals surface area contributed by atoms with E-state index in [9.17, 15) is 4.79 Å². The van der Waals surface area contributed by atoms with Gasteiger partial charge in [0, 0.05) is 20.0 Å². The number of nitrogens with two attached hydrogens (primary N) is 1. The molecule has 0 unspecified atom stereocenters. The summed E-state index contributed by atoms with van der Waals surface area (Å²) < 4.78 is 0. The first kappa shape index (κ1) is 13.5. The molecule has 0 radical (unpaired) electrons. The number of rotatable bonds is 6. The van der Waals surface area contributed by atoms with E-state index >= 15 is 0 Å². The summed E-state index contributed by atoms with van der Waals surface area (Å²) in [5.74, 6) is 0.924. The van der Waals surface area contributed by atoms with E-state index in [1.54, 1.807) is 0 Å². The first-order valence-electron chi connectivity index (χ1n) is 6.43. The SMILES string of the molecule is CC(C)CCN(C)C(=O)CC1(CN)CCC1. The molecule has 1 saturated carbocycles. The molecule has 0 spiro atoms. The zero-order valence-electron chi connectivity index (χ0n) is 11.0. The normalized spacial score (nSPS) is 18.3. The minimum atomic E-state index is 0.142. The van der Waals surface area contributed by atoms with Crippen LogP contribution in [0, 0.1) is 11.3 Å². The molecule has 0 bridgehead atoms. The molecule has 0 aromatic rings. The van der Waals surface area contributed by atoms with Crippen LogP contribution in [-0.2, 0) is 4.79 Å². The van der Waals surface area contributed by atoms with Crippen molar-refractivity contribution in [2.24, 2.45) is 17.1 Å². The van der Waals surface area contributed by atoms with Crippen LogP contribution in [0.25, 0.3) is 0 Å². The second-order valence-electron chi connectivity index (χ2n) is 5.73. The van der Waals surface area contributed by atoms with Gasteiger partial charge in [0.25, 0.3) is 0 Å². The molecule has 1 rings (SSSR count). The largest absolute Gasteiger partial charge is 0.346 e. The van der Waals surface area contributed by atoms with Gasteiger partial charge in [-0.2, -0.15) is 0 Å². The minimum Gasteiger partial charge on any atom is -0.346 e. The fraction of sp³-hybridized carbons (Fsp3) is 0.923. The highest BCUT2D eigenvalue weighted by atomic mass is 16.2. The molecule has 0 heterocycles. The standard InChI is InChI=1S/C13H26N2O/c1-11(2)5-8-15(3)12(16)9-13(10-14)6-4-7-13/h11H,4-10,14H2,1-3H3. The van der Waals surface area contributed by atoms with Gasteiger partial charge < -0.3 is 10.6 Å². The number of carbonyl (C=O) groups excluding carboxylic acids is 1. The van der Waals surface area contributed by atoms with E-state index in [1.165, 1.54) is 6.42 Å². The van der Waals surface area contributed by atoms with E-state index in [4.69, 9.17) is 5.73 Å². The van der Waals surface area contributed by atoms with Crippen LogP contribution >= 0.6 is 0 Å². The van der Waals surface area contributed by atoms with Gasteiger partial charge in [0.2, 0.25) is 5.91 Å². The Kier molecular flexibility index (Phi) is 4.78. The molecule has 3 nitrogen and oxygen atoms in total. The molecule has 1 fully saturated rings. The summed E-state index contributed by atoms with van der Waals surface area (Å²) in [4.78, 5) is 13.9. The predicted octanol–water partition coefficient (Wildman–Crippen LogP) is 2.01. The third-order valence-electron chi connectivity index (χ3n) is 3.84. The average molecular weight is 226 g/mol. The lowest BCUT2D eigenvalue weighted by atomic mass is 9.66. The summed E-state index contributed by atoms with van der Waals surface area (Å²) in [7, 11) is 1.91. The lowest BCUT2D eigenvalue weighted by molar-refractivity contribution is -0.133. The highest BCUT2D eigenvalue weighted by Crippen LogP contribution is 2.43. The molecular weight excluding hydrogens is 200 g/mol. The number of hydrogen-bond acceptors (Lipinski definition) is 2. The monoisotopic (exact) mass is 226 g/mol. The van der Waals surface area contributed by atoms with Crippen LogP contribution < -0.4 is 5.73 Å². The Balaban J connectivity index is 2.33. The Hall–Kier alpha value is -0.570. The average Bonchev–Trinajstić information content (AvgIpc) is 2.19. The fourth-order valence-electron chi connectivity index (χ4n) is 2.16. The van der Waals surface area contributed by atoms with E-state index < -0.39 is 0 Å². The van der Waals surface area contributed by atoms with Gasteiger partial charge in [0.15, 0.2) is 0 Å². The topological polar surface area (TPSA) is 46.3 Å². The van der Waals surface area contributed by atoms with Crippen molar-refractivity contribution in [3.63, 3.8) is 0 Å². The molecule has 94 valence electrons. The Morgan fingerprint density at radius 1 is 1.44 bits per heavy atom. The number of nitrogens with zero attached hydrogens (tertiary/aromatic N) is 1. The fourth-order valence-corrected chi connectivity index (χ4v) is 2.16. The van der Waals surface area contributed by atoms with Crippen molar-refractivity contribution >= 4 is 5.91 Å². The maximum absolute atomic E-state index is 12.0. The maximum Gasteiger partial charge on any atom is 0.222 e. The van der Waals surface area contributed by atoms with Gasteiger partial charge in [0.05, 0.1) is 0 Å². The summed E-state index contributed by atoms with van der Waals surface area (Å²) >= 11 is 0. The van der Waals surface area contributed by atoms with Crippen molar-refractivity contribution in [3.05, 3.63) is 0 Å². The smallest absolute Gasteiger partial charge is 0.222 e. The Labute approximate surface area is 99.4 Å². The molecule has 0 aromatic carbocycles. The van der Waals surface area contributed by atoms with Gasteiger partial charge in [-0.15, -0.1) is 0 Å². The molecule has 0 aromatic heterocycles. The van der Waals surface area contributed by atoms with E-state index in [1.807, 2.05) is 11.9 Å². The predicted molar refractivity (Wildman–Crippen MR) is 67.0 cm³/mol. The Morgan fingerprint density at radius 2 is 2.06 bits per heavy atom. The van der Waals surface area contributed by atoms with Gasteiger partial charge >= 0.3 is 0 Å². The molecule has 1 amide bonds. The van der Waals surface area contributed by atoms with Crippen molar-refractivity contribution < 1.29 is 4.79 Å². The van der Waals surface area contributed by atoms with E-state index in [0.29, 0.717) is 18.9 Å². The highest BCUT2D eigenvalue weighted by Gasteiger charge is 2.38. The zero-order chi connectivity index (χ0) is 12.2. The number of amides is 1. The van der Waals surface area contributed by atoms with Gasteiger partial charge in [0.1, 0.15) is 0 Å². The second-order valence-corrected chi connectivity index (χ2v) is 5.73. The molecule has 3 heteroatoms. The summed E-state index contributed by atoms with van der Waals surface area (Å²) in [5, 5.41) is 0. The van der Waals surface area contributed by atoms with Crippen LogP contribution in [0.3, 0.4) is 0 Å². The third kappa shape index (κ3) is 3.48. The molecule has 0 atom stereocenters. The molecule has 1 aliphatic carbocycles. The second kappa shape index (κ2) is 5.67. The quantitative estimate of drug-likeness (QED) is 0.753. The van der Waals surface area contributed by atoms with Crippen LogP contribution in [0.5, 0.6) is 0 Å². The molecule has 1 aliphatic rings. The number of hydrogen-bond donors (Lipinski definition) is 1. The first-order valence-corrected chi connectivity index (χ1v) is 6.43. The molecule has 0 aliphatic heterocycles. The van der Waals surface area contributed by atoms with Crippen molar-refractivity contribution in [3.8, 4) is 0 Å². The van der Waals surface area contributed by atoms with Crippen LogP contribution in [-0.4, -0.2) is 30.9 Å². The van der Waals surface area contributed by atoms with Gasteiger partial charge in [-0.1, -0.05) is 20.3 Å².